The zero-order chi connectivity index (χ0) is 23.3. The standard InChI is InChI=1S/C26H44O5/c1-16(2)21-15-26(6)19(5)24(13-12-20(26)14-23(21)29)31-25(30)18(4)22(28)11-9-7-8-10-17(3)27/h12,16-19,21-22,24,27-28H,7-11,13-15H2,1-6H3. The number of aliphatic hydroxyl groups is 2. The third-order valence-electron chi connectivity index (χ3n) is 7.96. The Labute approximate surface area is 188 Å². The Morgan fingerprint density at radius 1 is 1.16 bits per heavy atom. The zero-order valence-electron chi connectivity index (χ0n) is 20.4. The molecule has 0 spiro atoms. The van der Waals surface area contributed by atoms with Crippen molar-refractivity contribution in [3.63, 3.8) is 0 Å². The zero-order valence-corrected chi connectivity index (χ0v) is 20.4. The Morgan fingerprint density at radius 2 is 1.81 bits per heavy atom. The summed E-state index contributed by atoms with van der Waals surface area (Å²) >= 11 is 0. The minimum atomic E-state index is -0.711. The fraction of sp³-hybridized carbons (Fsp3) is 0.846. The summed E-state index contributed by atoms with van der Waals surface area (Å²) in [6.45, 7) is 12.1. The molecule has 2 rings (SSSR count). The van der Waals surface area contributed by atoms with Crippen molar-refractivity contribution < 1.29 is 24.5 Å². The molecule has 178 valence electrons. The number of unbranched alkanes of at least 4 members (excludes halogenated alkanes) is 2. The van der Waals surface area contributed by atoms with E-state index < -0.39 is 12.0 Å². The molecule has 5 nitrogen and oxygen atoms in total. The average Bonchev–Trinajstić information content (AvgIpc) is 2.70. The molecule has 0 aliphatic heterocycles. The first-order valence-corrected chi connectivity index (χ1v) is 12.3. The Hall–Kier alpha value is -1.20. The number of hydrogen-bond acceptors (Lipinski definition) is 5. The summed E-state index contributed by atoms with van der Waals surface area (Å²) in [6.07, 6.45) is 6.91. The molecule has 1 saturated carbocycles. The molecule has 31 heavy (non-hydrogen) atoms. The van der Waals surface area contributed by atoms with Crippen molar-refractivity contribution in [2.75, 3.05) is 0 Å². The number of ketones is 1. The van der Waals surface area contributed by atoms with E-state index in [4.69, 9.17) is 4.74 Å². The van der Waals surface area contributed by atoms with Crippen LogP contribution in [0, 0.1) is 29.1 Å². The van der Waals surface area contributed by atoms with Crippen molar-refractivity contribution in [3.05, 3.63) is 11.6 Å². The van der Waals surface area contributed by atoms with Crippen molar-refractivity contribution in [2.24, 2.45) is 29.1 Å². The van der Waals surface area contributed by atoms with Crippen molar-refractivity contribution in [1.29, 1.82) is 0 Å². The van der Waals surface area contributed by atoms with Crippen molar-refractivity contribution in [2.45, 2.75) is 111 Å². The second kappa shape index (κ2) is 11.1. The normalized spacial score (nSPS) is 31.6. The number of esters is 1. The second-order valence-corrected chi connectivity index (χ2v) is 10.7. The van der Waals surface area contributed by atoms with E-state index in [-0.39, 0.29) is 35.4 Å². The Bertz CT molecular complexity index is 652. The summed E-state index contributed by atoms with van der Waals surface area (Å²) in [5.74, 6) is -0.0351. The van der Waals surface area contributed by atoms with Crippen LogP contribution in [0.4, 0.5) is 0 Å². The molecule has 7 atom stereocenters. The second-order valence-electron chi connectivity index (χ2n) is 10.7. The fourth-order valence-electron chi connectivity index (χ4n) is 5.27. The highest BCUT2D eigenvalue weighted by molar-refractivity contribution is 5.85. The maximum Gasteiger partial charge on any atom is 0.311 e. The number of carbonyl (C=O) groups excluding carboxylic acids is 2. The van der Waals surface area contributed by atoms with Crippen LogP contribution in [-0.4, -0.2) is 40.3 Å². The van der Waals surface area contributed by atoms with Gasteiger partial charge in [-0.2, -0.15) is 0 Å². The van der Waals surface area contributed by atoms with Gasteiger partial charge in [-0.3, -0.25) is 9.59 Å². The van der Waals surface area contributed by atoms with Gasteiger partial charge in [0.05, 0.1) is 18.1 Å². The van der Waals surface area contributed by atoms with Crippen LogP contribution in [0.1, 0.15) is 92.9 Å². The molecule has 5 heteroatoms. The maximum atomic E-state index is 12.8. The van der Waals surface area contributed by atoms with Gasteiger partial charge >= 0.3 is 5.97 Å². The van der Waals surface area contributed by atoms with Gasteiger partial charge in [0.15, 0.2) is 0 Å². The average molecular weight is 437 g/mol. The molecular formula is C26H44O5. The van der Waals surface area contributed by atoms with Gasteiger partial charge in [-0.1, -0.05) is 58.6 Å². The summed E-state index contributed by atoms with van der Waals surface area (Å²) in [6, 6.07) is 0. The van der Waals surface area contributed by atoms with E-state index in [1.54, 1.807) is 13.8 Å². The highest BCUT2D eigenvalue weighted by atomic mass is 16.5. The summed E-state index contributed by atoms with van der Waals surface area (Å²) in [7, 11) is 0. The van der Waals surface area contributed by atoms with E-state index in [9.17, 15) is 19.8 Å². The number of aliphatic hydroxyl groups excluding tert-OH is 2. The molecule has 0 aromatic carbocycles. The number of ether oxygens (including phenoxy) is 1. The van der Waals surface area contributed by atoms with Gasteiger partial charge in [-0.25, -0.2) is 0 Å². The summed E-state index contributed by atoms with van der Waals surface area (Å²) in [4.78, 5) is 25.3. The van der Waals surface area contributed by atoms with Gasteiger partial charge in [0.2, 0.25) is 0 Å². The van der Waals surface area contributed by atoms with Crippen LogP contribution >= 0.6 is 0 Å². The lowest BCUT2D eigenvalue weighted by Gasteiger charge is -2.49. The van der Waals surface area contributed by atoms with Gasteiger partial charge in [0.25, 0.3) is 0 Å². The van der Waals surface area contributed by atoms with Crippen molar-refractivity contribution in [1.82, 2.24) is 0 Å². The quantitative estimate of drug-likeness (QED) is 0.291. The van der Waals surface area contributed by atoms with Crippen molar-refractivity contribution >= 4 is 11.8 Å². The topological polar surface area (TPSA) is 83.8 Å². The largest absolute Gasteiger partial charge is 0.461 e. The van der Waals surface area contributed by atoms with Crippen LogP contribution in [-0.2, 0) is 14.3 Å². The lowest BCUT2D eigenvalue weighted by molar-refractivity contribution is -0.163. The molecule has 0 amide bonds. The molecule has 0 bridgehead atoms. The van der Waals surface area contributed by atoms with Gasteiger partial charge < -0.3 is 14.9 Å². The van der Waals surface area contributed by atoms with Crippen LogP contribution in [0.5, 0.6) is 0 Å². The van der Waals surface area contributed by atoms with Crippen LogP contribution in [0.25, 0.3) is 0 Å². The maximum absolute atomic E-state index is 12.8. The smallest absolute Gasteiger partial charge is 0.311 e. The minimum Gasteiger partial charge on any atom is -0.461 e. The lowest BCUT2D eigenvalue weighted by Crippen LogP contribution is -2.47. The Kier molecular flexibility index (Phi) is 9.32. The first-order valence-electron chi connectivity index (χ1n) is 12.3. The van der Waals surface area contributed by atoms with Crippen LogP contribution in [0.15, 0.2) is 11.6 Å². The molecule has 1 fully saturated rings. The van der Waals surface area contributed by atoms with Crippen LogP contribution in [0.2, 0.25) is 0 Å². The lowest BCUT2D eigenvalue weighted by atomic mass is 9.56. The molecular weight excluding hydrogens is 392 g/mol. The first-order chi connectivity index (χ1) is 14.5. The third kappa shape index (κ3) is 6.41. The number of fused-ring (bicyclic) bond motifs is 1. The highest BCUT2D eigenvalue weighted by Gasteiger charge is 2.49. The van der Waals surface area contributed by atoms with Crippen LogP contribution < -0.4 is 0 Å². The fourth-order valence-corrected chi connectivity index (χ4v) is 5.27. The minimum absolute atomic E-state index is 0.0635. The van der Waals surface area contributed by atoms with Crippen LogP contribution in [0.3, 0.4) is 0 Å². The molecule has 2 aliphatic rings. The van der Waals surface area contributed by atoms with Gasteiger partial charge in [0.1, 0.15) is 11.9 Å². The molecule has 7 unspecified atom stereocenters. The van der Waals surface area contributed by atoms with E-state index in [0.717, 1.165) is 32.1 Å². The number of carbonyl (C=O) groups is 2. The monoisotopic (exact) mass is 436 g/mol. The first kappa shape index (κ1) is 26.1. The number of rotatable bonds is 10. The Balaban J connectivity index is 1.92. The predicted molar refractivity (Wildman–Crippen MR) is 122 cm³/mol. The van der Waals surface area contributed by atoms with E-state index in [1.807, 2.05) is 0 Å². The third-order valence-corrected chi connectivity index (χ3v) is 7.96. The van der Waals surface area contributed by atoms with E-state index in [2.05, 4.69) is 33.8 Å². The number of Topliss-reactive ketones (excluding diaryl/α,β-unsaturated/α-hetero) is 1. The summed E-state index contributed by atoms with van der Waals surface area (Å²) in [5.41, 5.74) is 1.08. The van der Waals surface area contributed by atoms with E-state index >= 15 is 0 Å². The highest BCUT2D eigenvalue weighted by Crippen LogP contribution is 2.53. The molecule has 0 aromatic rings. The number of allylic oxidation sites excluding steroid dienone is 1. The Morgan fingerprint density at radius 3 is 2.42 bits per heavy atom. The molecule has 2 N–H and O–H groups in total. The molecule has 0 heterocycles. The molecule has 2 aliphatic carbocycles. The summed E-state index contributed by atoms with van der Waals surface area (Å²) < 4.78 is 5.92. The molecule has 0 saturated heterocycles. The van der Waals surface area contributed by atoms with Gasteiger partial charge in [0, 0.05) is 24.7 Å². The number of hydrogen-bond donors (Lipinski definition) is 2. The van der Waals surface area contributed by atoms with E-state index in [0.29, 0.717) is 31.0 Å². The van der Waals surface area contributed by atoms with Gasteiger partial charge in [-0.15, -0.1) is 0 Å². The summed E-state index contributed by atoms with van der Waals surface area (Å²) in [5, 5.41) is 19.8. The van der Waals surface area contributed by atoms with Crippen molar-refractivity contribution in [3.8, 4) is 0 Å². The molecule has 0 radical (unpaired) electrons. The predicted octanol–water partition coefficient (Wildman–Crippen LogP) is 4.83. The SMILES string of the molecule is CC(O)CCCCCC(O)C(C)C(=O)OC1CC=C2CC(=O)C(C(C)C)CC2(C)C1C. The van der Waals surface area contributed by atoms with Gasteiger partial charge in [-0.05, 0) is 44.4 Å². The van der Waals surface area contributed by atoms with E-state index in [1.165, 1.54) is 5.57 Å². The molecule has 0 aromatic heterocycles.